The van der Waals surface area contributed by atoms with Crippen LogP contribution < -0.4 is 0 Å². The van der Waals surface area contributed by atoms with Gasteiger partial charge in [-0.3, -0.25) is 0 Å². The van der Waals surface area contributed by atoms with Crippen molar-refractivity contribution >= 4 is 0 Å². The van der Waals surface area contributed by atoms with Gasteiger partial charge in [0.15, 0.2) is 6.29 Å². The lowest BCUT2D eigenvalue weighted by Gasteiger charge is -2.34. The molecule has 94 valence electrons. The van der Waals surface area contributed by atoms with Gasteiger partial charge in [-0.1, -0.05) is 30.3 Å². The number of hydrogen-bond donors (Lipinski definition) is 3. The van der Waals surface area contributed by atoms with Crippen LogP contribution in [0.25, 0.3) is 0 Å². The van der Waals surface area contributed by atoms with Crippen molar-refractivity contribution < 1.29 is 24.8 Å². The second-order valence-electron chi connectivity index (χ2n) is 4.05. The standard InChI is InChI=1S/C12H16O5/c13-9-7-17-12(11(15)10(9)14)16-6-8-4-2-1-3-5-8/h1-5,9-15H,6-7H2/t9-,10-,11+,12+/m0/s1. The molecule has 1 aromatic rings. The molecular weight excluding hydrogens is 224 g/mol. The van der Waals surface area contributed by atoms with Crippen molar-refractivity contribution in [2.75, 3.05) is 6.61 Å². The van der Waals surface area contributed by atoms with E-state index in [1.54, 1.807) is 0 Å². The third-order valence-electron chi connectivity index (χ3n) is 2.71. The summed E-state index contributed by atoms with van der Waals surface area (Å²) in [5.41, 5.74) is 0.948. The molecule has 1 aliphatic heterocycles. The summed E-state index contributed by atoms with van der Waals surface area (Å²) in [6, 6.07) is 9.45. The summed E-state index contributed by atoms with van der Waals surface area (Å²) < 4.78 is 10.5. The van der Waals surface area contributed by atoms with Crippen LogP contribution >= 0.6 is 0 Å². The van der Waals surface area contributed by atoms with E-state index in [2.05, 4.69) is 0 Å². The molecule has 0 bridgehead atoms. The van der Waals surface area contributed by atoms with Crippen molar-refractivity contribution in [2.24, 2.45) is 0 Å². The van der Waals surface area contributed by atoms with E-state index in [1.165, 1.54) is 0 Å². The molecule has 0 radical (unpaired) electrons. The Morgan fingerprint density at radius 3 is 2.53 bits per heavy atom. The van der Waals surface area contributed by atoms with Gasteiger partial charge in [-0.25, -0.2) is 0 Å². The summed E-state index contributed by atoms with van der Waals surface area (Å²) in [7, 11) is 0. The van der Waals surface area contributed by atoms with Crippen LogP contribution in [0.3, 0.4) is 0 Å². The van der Waals surface area contributed by atoms with Gasteiger partial charge in [0.1, 0.15) is 18.3 Å². The van der Waals surface area contributed by atoms with Crippen molar-refractivity contribution in [3.63, 3.8) is 0 Å². The monoisotopic (exact) mass is 240 g/mol. The van der Waals surface area contributed by atoms with Gasteiger partial charge in [0.2, 0.25) is 0 Å². The van der Waals surface area contributed by atoms with E-state index < -0.39 is 24.6 Å². The molecule has 2 rings (SSSR count). The Morgan fingerprint density at radius 2 is 1.82 bits per heavy atom. The van der Waals surface area contributed by atoms with E-state index in [9.17, 15) is 15.3 Å². The smallest absolute Gasteiger partial charge is 0.186 e. The summed E-state index contributed by atoms with van der Waals surface area (Å²) in [5.74, 6) is 0. The molecule has 0 spiro atoms. The normalized spacial score (nSPS) is 33.6. The number of aliphatic hydroxyl groups is 3. The summed E-state index contributed by atoms with van der Waals surface area (Å²) in [4.78, 5) is 0. The number of hydrogen-bond acceptors (Lipinski definition) is 5. The van der Waals surface area contributed by atoms with E-state index in [4.69, 9.17) is 9.47 Å². The van der Waals surface area contributed by atoms with Crippen LogP contribution in [0.15, 0.2) is 30.3 Å². The van der Waals surface area contributed by atoms with Crippen LogP contribution in [0.5, 0.6) is 0 Å². The molecule has 0 unspecified atom stereocenters. The van der Waals surface area contributed by atoms with E-state index in [-0.39, 0.29) is 13.2 Å². The first-order chi connectivity index (χ1) is 8.18. The topological polar surface area (TPSA) is 79.2 Å². The highest BCUT2D eigenvalue weighted by molar-refractivity contribution is 5.13. The summed E-state index contributed by atoms with van der Waals surface area (Å²) in [6.45, 7) is 0.239. The van der Waals surface area contributed by atoms with Crippen molar-refractivity contribution in [3.8, 4) is 0 Å². The molecular formula is C12H16O5. The number of aliphatic hydroxyl groups excluding tert-OH is 3. The van der Waals surface area contributed by atoms with Crippen LogP contribution in [-0.4, -0.2) is 46.5 Å². The molecule has 0 aromatic heterocycles. The minimum Gasteiger partial charge on any atom is -0.388 e. The molecule has 1 heterocycles. The van der Waals surface area contributed by atoms with E-state index >= 15 is 0 Å². The van der Waals surface area contributed by atoms with Crippen LogP contribution in [0.4, 0.5) is 0 Å². The third-order valence-corrected chi connectivity index (χ3v) is 2.71. The van der Waals surface area contributed by atoms with Crippen LogP contribution in [-0.2, 0) is 16.1 Å². The maximum atomic E-state index is 9.63. The highest BCUT2D eigenvalue weighted by atomic mass is 16.7. The number of ether oxygens (including phenoxy) is 2. The van der Waals surface area contributed by atoms with Gasteiger partial charge in [0, 0.05) is 0 Å². The average Bonchev–Trinajstić information content (AvgIpc) is 2.36. The fourth-order valence-electron chi connectivity index (χ4n) is 1.68. The first-order valence-electron chi connectivity index (χ1n) is 5.50. The Kier molecular flexibility index (Phi) is 4.09. The van der Waals surface area contributed by atoms with Crippen molar-refractivity contribution in [3.05, 3.63) is 35.9 Å². The van der Waals surface area contributed by atoms with Crippen LogP contribution in [0.1, 0.15) is 5.56 Å². The molecule has 17 heavy (non-hydrogen) atoms. The SMILES string of the molecule is O[C@@H]1[C@@H](O)[C@H](OCc2ccccc2)OC[C@@H]1O. The molecule has 1 aromatic carbocycles. The number of benzene rings is 1. The van der Waals surface area contributed by atoms with Crippen LogP contribution in [0.2, 0.25) is 0 Å². The van der Waals surface area contributed by atoms with Gasteiger partial charge in [-0.05, 0) is 5.56 Å². The minimum absolute atomic E-state index is 0.0440. The van der Waals surface area contributed by atoms with Crippen molar-refractivity contribution in [1.82, 2.24) is 0 Å². The zero-order valence-corrected chi connectivity index (χ0v) is 9.27. The largest absolute Gasteiger partial charge is 0.388 e. The fraction of sp³-hybridized carbons (Fsp3) is 0.500. The third kappa shape index (κ3) is 3.02. The second-order valence-corrected chi connectivity index (χ2v) is 4.05. The highest BCUT2D eigenvalue weighted by Crippen LogP contribution is 2.17. The van der Waals surface area contributed by atoms with Crippen molar-refractivity contribution in [2.45, 2.75) is 31.2 Å². The minimum atomic E-state index is -1.23. The predicted octanol–water partition coefficient (Wildman–Crippen LogP) is -0.358. The molecule has 1 aliphatic rings. The molecule has 0 saturated carbocycles. The molecule has 1 fully saturated rings. The molecule has 3 N–H and O–H groups in total. The Bertz CT molecular complexity index is 342. The van der Waals surface area contributed by atoms with E-state index in [0.29, 0.717) is 0 Å². The lowest BCUT2D eigenvalue weighted by molar-refractivity contribution is -0.273. The zero-order valence-electron chi connectivity index (χ0n) is 9.27. The van der Waals surface area contributed by atoms with Gasteiger partial charge in [0.25, 0.3) is 0 Å². The summed E-state index contributed by atoms with van der Waals surface area (Å²) in [6.07, 6.45) is -4.44. The Morgan fingerprint density at radius 1 is 1.12 bits per heavy atom. The van der Waals surface area contributed by atoms with Gasteiger partial charge in [-0.15, -0.1) is 0 Å². The summed E-state index contributed by atoms with van der Waals surface area (Å²) in [5, 5.41) is 28.3. The average molecular weight is 240 g/mol. The van der Waals surface area contributed by atoms with Crippen molar-refractivity contribution in [1.29, 1.82) is 0 Å². The highest BCUT2D eigenvalue weighted by Gasteiger charge is 2.38. The Balaban J connectivity index is 1.87. The quantitative estimate of drug-likeness (QED) is 0.672. The molecule has 0 amide bonds. The predicted molar refractivity (Wildman–Crippen MR) is 59.0 cm³/mol. The lowest BCUT2D eigenvalue weighted by Crippen LogP contribution is -2.53. The molecule has 0 aliphatic carbocycles. The van der Waals surface area contributed by atoms with Crippen LogP contribution in [0, 0.1) is 0 Å². The zero-order chi connectivity index (χ0) is 12.3. The van der Waals surface area contributed by atoms with Gasteiger partial charge in [0.05, 0.1) is 13.2 Å². The number of rotatable bonds is 3. The van der Waals surface area contributed by atoms with E-state index in [0.717, 1.165) is 5.56 Å². The maximum Gasteiger partial charge on any atom is 0.186 e. The fourth-order valence-corrected chi connectivity index (χ4v) is 1.68. The maximum absolute atomic E-state index is 9.63. The van der Waals surface area contributed by atoms with E-state index in [1.807, 2.05) is 30.3 Å². The summed E-state index contributed by atoms with van der Waals surface area (Å²) >= 11 is 0. The molecule has 5 heteroatoms. The first kappa shape index (κ1) is 12.5. The molecule has 5 nitrogen and oxygen atoms in total. The molecule has 1 saturated heterocycles. The first-order valence-corrected chi connectivity index (χ1v) is 5.50. The Labute approximate surface area is 99.2 Å². The van der Waals surface area contributed by atoms with Gasteiger partial charge in [-0.2, -0.15) is 0 Å². The second kappa shape index (κ2) is 5.57. The van der Waals surface area contributed by atoms with Gasteiger partial charge < -0.3 is 24.8 Å². The molecule has 4 atom stereocenters. The lowest BCUT2D eigenvalue weighted by atomic mass is 10.1. The van der Waals surface area contributed by atoms with Gasteiger partial charge >= 0.3 is 0 Å². The Hall–Kier alpha value is -0.980.